The average Bonchev–Trinajstić information content (AvgIpc) is 2.70. The van der Waals surface area contributed by atoms with Gasteiger partial charge in [0.15, 0.2) is 0 Å². The Bertz CT molecular complexity index is 553. The van der Waals surface area contributed by atoms with Gasteiger partial charge in [-0.15, -0.1) is 0 Å². The Morgan fingerprint density at radius 1 is 1.47 bits per heavy atom. The van der Waals surface area contributed by atoms with Crippen molar-refractivity contribution in [2.45, 2.75) is 6.42 Å². The number of halogens is 2. The van der Waals surface area contributed by atoms with E-state index >= 15 is 0 Å². The first-order valence-corrected chi connectivity index (χ1v) is 6.12. The van der Waals surface area contributed by atoms with E-state index in [-0.39, 0.29) is 18.9 Å². The molecule has 0 bridgehead atoms. The summed E-state index contributed by atoms with van der Waals surface area (Å²) in [4.78, 5) is 22.3. The van der Waals surface area contributed by atoms with Gasteiger partial charge in [0, 0.05) is 19.0 Å². The van der Waals surface area contributed by atoms with Gasteiger partial charge in [0.05, 0.1) is 4.92 Å². The van der Waals surface area contributed by atoms with Crippen molar-refractivity contribution in [3.63, 3.8) is 0 Å². The number of thiol groups is 1. The summed E-state index contributed by atoms with van der Waals surface area (Å²) in [5, 5.41) is 10.6. The molecule has 1 saturated heterocycles. The van der Waals surface area contributed by atoms with E-state index in [9.17, 15) is 23.7 Å². The predicted octanol–water partition coefficient (Wildman–Crippen LogP) is 2.16. The zero-order valence-corrected chi connectivity index (χ0v) is 10.6. The quantitative estimate of drug-likeness (QED) is 0.526. The summed E-state index contributed by atoms with van der Waals surface area (Å²) in [6, 6.07) is 1.53. The van der Waals surface area contributed by atoms with Crippen LogP contribution < -0.4 is 4.90 Å². The van der Waals surface area contributed by atoms with Crippen molar-refractivity contribution in [2.24, 2.45) is 5.92 Å². The normalized spacial score (nSPS) is 19.0. The number of rotatable bonds is 3. The second-order valence-electron chi connectivity index (χ2n) is 4.24. The Kier molecular flexibility index (Phi) is 3.70. The number of benzene rings is 1. The highest BCUT2D eigenvalue weighted by Crippen LogP contribution is 2.34. The third kappa shape index (κ3) is 2.40. The third-order valence-electron chi connectivity index (χ3n) is 2.98. The van der Waals surface area contributed by atoms with Gasteiger partial charge in [-0.1, -0.05) is 0 Å². The summed E-state index contributed by atoms with van der Waals surface area (Å²) < 4.78 is 27.6. The molecule has 0 radical (unpaired) electrons. The molecular formula is C11H10F2N2O3S. The number of hydrogen-bond acceptors (Lipinski definition) is 4. The first-order chi connectivity index (χ1) is 8.95. The van der Waals surface area contributed by atoms with Gasteiger partial charge in [-0.25, -0.2) is 4.39 Å². The van der Waals surface area contributed by atoms with Crippen LogP contribution in [0.4, 0.5) is 20.2 Å². The fourth-order valence-corrected chi connectivity index (χ4v) is 2.28. The largest absolute Gasteiger partial charge is 0.307 e. The Morgan fingerprint density at radius 3 is 2.68 bits per heavy atom. The average molecular weight is 288 g/mol. The molecule has 1 atom stereocenters. The highest BCUT2D eigenvalue weighted by atomic mass is 32.1. The molecule has 0 aliphatic carbocycles. The molecule has 0 N–H and O–H groups in total. The van der Waals surface area contributed by atoms with Gasteiger partial charge in [-0.05, 0) is 17.7 Å². The summed E-state index contributed by atoms with van der Waals surface area (Å²) >= 11 is 4.04. The molecule has 1 heterocycles. The van der Waals surface area contributed by atoms with E-state index in [0.717, 1.165) is 17.0 Å². The maximum Gasteiger partial charge on any atom is 0.307 e. The SMILES string of the molecule is O=C1CC(CS)CN1c1c(F)ccc([N+](=O)[O-])c1F. The summed E-state index contributed by atoms with van der Waals surface area (Å²) in [5.74, 6) is -2.49. The van der Waals surface area contributed by atoms with Crippen molar-refractivity contribution in [3.8, 4) is 0 Å². The Balaban J connectivity index is 2.48. The Hall–Kier alpha value is -1.70. The minimum absolute atomic E-state index is 0.108. The van der Waals surface area contributed by atoms with Crippen LogP contribution in [0.1, 0.15) is 6.42 Å². The second-order valence-corrected chi connectivity index (χ2v) is 4.61. The van der Waals surface area contributed by atoms with Crippen LogP contribution in [0, 0.1) is 27.7 Å². The van der Waals surface area contributed by atoms with Crippen LogP contribution in [-0.4, -0.2) is 23.1 Å². The van der Waals surface area contributed by atoms with Crippen molar-refractivity contribution in [1.29, 1.82) is 0 Å². The van der Waals surface area contributed by atoms with Gasteiger partial charge in [-0.3, -0.25) is 14.9 Å². The lowest BCUT2D eigenvalue weighted by atomic mass is 10.1. The van der Waals surface area contributed by atoms with Crippen molar-refractivity contribution >= 4 is 29.9 Å². The van der Waals surface area contributed by atoms with Gasteiger partial charge >= 0.3 is 5.69 Å². The molecular weight excluding hydrogens is 278 g/mol. The number of nitro groups is 1. The van der Waals surface area contributed by atoms with E-state index in [2.05, 4.69) is 12.6 Å². The van der Waals surface area contributed by atoms with Crippen LogP contribution in [0.15, 0.2) is 12.1 Å². The Labute approximate surface area is 112 Å². The van der Waals surface area contributed by atoms with Crippen molar-refractivity contribution in [1.82, 2.24) is 0 Å². The summed E-state index contributed by atoms with van der Waals surface area (Å²) in [6.45, 7) is 0.108. The number of carbonyl (C=O) groups is 1. The molecule has 2 rings (SSSR count). The van der Waals surface area contributed by atoms with Crippen LogP contribution in [0.3, 0.4) is 0 Å². The molecule has 1 amide bonds. The van der Waals surface area contributed by atoms with Gasteiger partial charge < -0.3 is 4.90 Å². The molecule has 102 valence electrons. The lowest BCUT2D eigenvalue weighted by molar-refractivity contribution is -0.387. The molecule has 1 unspecified atom stereocenters. The van der Waals surface area contributed by atoms with E-state index in [1.165, 1.54) is 0 Å². The molecule has 19 heavy (non-hydrogen) atoms. The van der Waals surface area contributed by atoms with Crippen molar-refractivity contribution in [2.75, 3.05) is 17.2 Å². The molecule has 1 aliphatic rings. The predicted molar refractivity (Wildman–Crippen MR) is 67.3 cm³/mol. The van der Waals surface area contributed by atoms with Gasteiger partial charge in [0.1, 0.15) is 11.5 Å². The maximum absolute atomic E-state index is 13.9. The van der Waals surface area contributed by atoms with Crippen LogP contribution in [0.2, 0.25) is 0 Å². The zero-order chi connectivity index (χ0) is 14.2. The molecule has 8 heteroatoms. The van der Waals surface area contributed by atoms with Crippen LogP contribution in [0.25, 0.3) is 0 Å². The van der Waals surface area contributed by atoms with E-state index in [1.807, 2.05) is 0 Å². The van der Waals surface area contributed by atoms with Crippen LogP contribution in [-0.2, 0) is 4.79 Å². The first-order valence-electron chi connectivity index (χ1n) is 5.49. The van der Waals surface area contributed by atoms with Crippen molar-refractivity contribution in [3.05, 3.63) is 33.9 Å². The molecule has 0 saturated carbocycles. The maximum atomic E-state index is 13.9. The molecule has 1 aromatic carbocycles. The third-order valence-corrected chi connectivity index (χ3v) is 3.49. The number of nitro benzene ring substituents is 1. The molecule has 0 spiro atoms. The topological polar surface area (TPSA) is 63.5 Å². The Morgan fingerprint density at radius 2 is 2.16 bits per heavy atom. The molecule has 5 nitrogen and oxygen atoms in total. The number of hydrogen-bond donors (Lipinski definition) is 1. The monoisotopic (exact) mass is 288 g/mol. The number of anilines is 1. The van der Waals surface area contributed by atoms with E-state index in [1.54, 1.807) is 0 Å². The summed E-state index contributed by atoms with van der Waals surface area (Å²) in [7, 11) is 0. The molecule has 1 fully saturated rings. The van der Waals surface area contributed by atoms with Gasteiger partial charge in [-0.2, -0.15) is 17.0 Å². The lowest BCUT2D eigenvalue weighted by Gasteiger charge is -2.17. The summed E-state index contributed by atoms with van der Waals surface area (Å²) in [6.07, 6.45) is 0.130. The number of carbonyl (C=O) groups excluding carboxylic acids is 1. The van der Waals surface area contributed by atoms with Gasteiger partial charge in [0.25, 0.3) is 0 Å². The van der Waals surface area contributed by atoms with Crippen molar-refractivity contribution < 1.29 is 18.5 Å². The van der Waals surface area contributed by atoms with E-state index in [0.29, 0.717) is 5.75 Å². The van der Waals surface area contributed by atoms with Gasteiger partial charge in [0.2, 0.25) is 11.7 Å². The fourth-order valence-electron chi connectivity index (χ4n) is 2.04. The number of amides is 1. The van der Waals surface area contributed by atoms with Crippen LogP contribution in [0.5, 0.6) is 0 Å². The minimum atomic E-state index is -1.32. The first kappa shape index (κ1) is 13.7. The van der Waals surface area contributed by atoms with E-state index in [4.69, 9.17) is 0 Å². The summed E-state index contributed by atoms with van der Waals surface area (Å²) in [5.41, 5.74) is -1.50. The standard InChI is InChI=1S/C11H10F2N2O3S/c12-7-1-2-8(15(17)18)10(13)11(7)14-4-6(5-19)3-9(14)16/h1-2,6,19H,3-5H2. The number of nitrogens with zero attached hydrogens (tertiary/aromatic N) is 2. The molecule has 0 aromatic heterocycles. The molecule has 1 aromatic rings. The minimum Gasteiger partial charge on any atom is -0.307 e. The molecule has 1 aliphatic heterocycles. The van der Waals surface area contributed by atoms with E-state index < -0.39 is 33.8 Å². The van der Waals surface area contributed by atoms with Crippen LogP contribution >= 0.6 is 12.6 Å². The smallest absolute Gasteiger partial charge is 0.307 e. The highest BCUT2D eigenvalue weighted by molar-refractivity contribution is 7.80. The zero-order valence-electron chi connectivity index (χ0n) is 9.68. The lowest BCUT2D eigenvalue weighted by Crippen LogP contribution is -2.27. The second kappa shape index (κ2) is 5.12. The fraction of sp³-hybridized carbons (Fsp3) is 0.364. The highest BCUT2D eigenvalue weighted by Gasteiger charge is 2.35.